The summed E-state index contributed by atoms with van der Waals surface area (Å²) >= 11 is 0. The average Bonchev–Trinajstić information content (AvgIpc) is 3.94. The van der Waals surface area contributed by atoms with Crippen molar-refractivity contribution in [2.24, 2.45) is 0 Å². The third-order valence-corrected chi connectivity index (χ3v) is 10.8. The van der Waals surface area contributed by atoms with Crippen molar-refractivity contribution in [1.29, 1.82) is 0 Å². The number of para-hydroxylation sites is 2. The molecule has 0 saturated heterocycles. The van der Waals surface area contributed by atoms with E-state index in [-0.39, 0.29) is 10.8 Å². The maximum Gasteiger partial charge on any atom is 0.0464 e. The number of benzene rings is 6. The van der Waals surface area contributed by atoms with E-state index in [1.807, 2.05) is 0 Å². The molecule has 0 bridgehead atoms. The minimum Gasteiger partial charge on any atom is -0.310 e. The van der Waals surface area contributed by atoms with Crippen molar-refractivity contribution in [1.82, 2.24) is 0 Å². The van der Waals surface area contributed by atoms with Crippen LogP contribution in [0.5, 0.6) is 0 Å². The highest BCUT2D eigenvalue weighted by Crippen LogP contribution is 2.55. The van der Waals surface area contributed by atoms with Crippen molar-refractivity contribution < 1.29 is 0 Å². The lowest BCUT2D eigenvalue weighted by molar-refractivity contribution is 0.610. The Morgan fingerprint density at radius 3 is 1.21 bits per heavy atom. The van der Waals surface area contributed by atoms with Crippen molar-refractivity contribution in [3.63, 3.8) is 0 Å². The summed E-state index contributed by atoms with van der Waals surface area (Å²) in [5, 5.41) is 0. The monoisotopic (exact) mass is 610 g/mol. The number of rotatable bonds is 10. The van der Waals surface area contributed by atoms with Crippen LogP contribution in [0, 0.1) is 0 Å². The van der Waals surface area contributed by atoms with Crippen LogP contribution in [0.1, 0.15) is 69.2 Å². The van der Waals surface area contributed by atoms with E-state index >= 15 is 0 Å². The number of anilines is 6. The van der Waals surface area contributed by atoms with Gasteiger partial charge < -0.3 is 9.80 Å². The molecule has 2 aliphatic rings. The minimum atomic E-state index is 0.226. The van der Waals surface area contributed by atoms with Crippen LogP contribution in [0.4, 0.5) is 34.1 Å². The lowest BCUT2D eigenvalue weighted by atomic mass is 9.98. The van der Waals surface area contributed by atoms with E-state index < -0.39 is 0 Å². The van der Waals surface area contributed by atoms with Crippen molar-refractivity contribution in [2.75, 3.05) is 9.80 Å². The normalized spacial score (nSPS) is 18.6. The molecule has 0 aromatic heterocycles. The molecule has 2 heteroatoms. The van der Waals surface area contributed by atoms with Crippen LogP contribution in [-0.2, 0) is 10.8 Å². The van der Waals surface area contributed by atoms with E-state index in [1.165, 1.54) is 69.0 Å². The third-order valence-electron chi connectivity index (χ3n) is 10.8. The molecule has 8 rings (SSSR count). The van der Waals surface area contributed by atoms with Gasteiger partial charge in [0.1, 0.15) is 0 Å². The molecule has 47 heavy (non-hydrogen) atoms. The van der Waals surface area contributed by atoms with Gasteiger partial charge in [0, 0.05) is 45.0 Å². The molecule has 6 aromatic carbocycles. The molecule has 0 saturated carbocycles. The van der Waals surface area contributed by atoms with E-state index in [0.717, 1.165) is 17.8 Å². The lowest BCUT2D eigenvalue weighted by Crippen LogP contribution is -2.10. The van der Waals surface area contributed by atoms with Crippen LogP contribution in [0.15, 0.2) is 146 Å². The predicted octanol–water partition coefficient (Wildman–Crippen LogP) is 12.7. The van der Waals surface area contributed by atoms with Crippen LogP contribution in [-0.4, -0.2) is 0 Å². The molecule has 0 spiro atoms. The molecule has 0 amide bonds. The lowest BCUT2D eigenvalue weighted by Gasteiger charge is -2.26. The molecule has 2 nitrogen and oxygen atoms in total. The number of hydrogen-bond acceptors (Lipinski definition) is 2. The zero-order valence-corrected chi connectivity index (χ0v) is 27.9. The maximum absolute atomic E-state index is 2.41. The van der Waals surface area contributed by atoms with Gasteiger partial charge in [-0.3, -0.25) is 0 Å². The molecule has 2 atom stereocenters. The van der Waals surface area contributed by atoms with Crippen LogP contribution >= 0.6 is 0 Å². The Morgan fingerprint density at radius 1 is 0.404 bits per heavy atom. The Morgan fingerprint density at radius 2 is 0.787 bits per heavy atom. The van der Waals surface area contributed by atoms with Gasteiger partial charge >= 0.3 is 0 Å². The minimum absolute atomic E-state index is 0.226. The molecule has 6 aromatic rings. The Hall–Kier alpha value is -5.08. The zero-order chi connectivity index (χ0) is 32.2. The highest BCUT2D eigenvalue weighted by atomic mass is 15.1. The van der Waals surface area contributed by atoms with E-state index in [9.17, 15) is 0 Å². The number of fused-ring (bicyclic) bond motifs is 2. The Bertz CT molecular complexity index is 2050. The zero-order valence-electron chi connectivity index (χ0n) is 27.9. The summed E-state index contributed by atoms with van der Waals surface area (Å²) in [5.41, 5.74) is 15.9. The van der Waals surface area contributed by atoms with Gasteiger partial charge in [0.15, 0.2) is 0 Å². The van der Waals surface area contributed by atoms with Crippen molar-refractivity contribution in [3.05, 3.63) is 168 Å². The topological polar surface area (TPSA) is 6.48 Å². The van der Waals surface area contributed by atoms with Gasteiger partial charge in [-0.25, -0.2) is 0 Å². The number of hydrogen-bond donors (Lipinski definition) is 0. The fourth-order valence-corrected chi connectivity index (χ4v) is 7.77. The maximum atomic E-state index is 2.41. The first kappa shape index (κ1) is 29.3. The largest absolute Gasteiger partial charge is 0.310 e. The first-order valence-electron chi connectivity index (χ1n) is 17.2. The fraction of sp³-hybridized carbons (Fsp3) is 0.200. The first-order valence-corrected chi connectivity index (χ1v) is 17.2. The average molecular weight is 611 g/mol. The third kappa shape index (κ3) is 4.95. The van der Waals surface area contributed by atoms with Gasteiger partial charge in [-0.05, 0) is 119 Å². The first-order chi connectivity index (χ1) is 22.9. The molecular formula is C45H42N2. The summed E-state index contributed by atoms with van der Waals surface area (Å²) < 4.78 is 0. The molecule has 0 aliphatic heterocycles. The molecular weight excluding hydrogens is 569 g/mol. The van der Waals surface area contributed by atoms with Gasteiger partial charge in [0.25, 0.3) is 0 Å². The second-order valence-corrected chi connectivity index (χ2v) is 13.7. The summed E-state index contributed by atoms with van der Waals surface area (Å²) in [5.74, 6) is 0. The summed E-state index contributed by atoms with van der Waals surface area (Å²) in [6.07, 6.45) is 3.54. The summed E-state index contributed by atoms with van der Waals surface area (Å²) in [4.78, 5) is 4.75. The van der Waals surface area contributed by atoms with Gasteiger partial charge in [-0.1, -0.05) is 107 Å². The molecule has 0 fully saturated rings. The molecule has 0 radical (unpaired) electrons. The Kier molecular flexibility index (Phi) is 7.06. The highest BCUT2D eigenvalue weighted by Gasteiger charge is 2.45. The Balaban J connectivity index is 1.10. The highest BCUT2D eigenvalue weighted by molar-refractivity contribution is 5.83. The fourth-order valence-electron chi connectivity index (χ4n) is 7.77. The standard InChI is InChI=1S/C45H42N2/c1-5-29-45(4)41-28-26-39(31-43(41)45)47(35-15-11-8-12-16-35)37-23-19-33(20-24-37)32-17-21-36(22-18-32)46(34-13-9-7-10-14-34)38-25-27-40-42(30-38)44(40,3)6-2/h7-28,30-31H,5-6,29H2,1-4H3. The van der Waals surface area contributed by atoms with Crippen LogP contribution in [0.3, 0.4) is 0 Å². The number of nitrogens with zero attached hydrogens (tertiary/aromatic N) is 2. The van der Waals surface area contributed by atoms with E-state index in [0.29, 0.717) is 0 Å². The summed E-state index contributed by atoms with van der Waals surface area (Å²) in [6, 6.07) is 53.5. The van der Waals surface area contributed by atoms with Gasteiger partial charge in [0.2, 0.25) is 0 Å². The summed E-state index contributed by atoms with van der Waals surface area (Å²) in [7, 11) is 0. The van der Waals surface area contributed by atoms with Crippen LogP contribution in [0.2, 0.25) is 0 Å². The quantitative estimate of drug-likeness (QED) is 0.152. The molecule has 2 unspecified atom stereocenters. The van der Waals surface area contributed by atoms with E-state index in [1.54, 1.807) is 0 Å². The smallest absolute Gasteiger partial charge is 0.0464 e. The second-order valence-electron chi connectivity index (χ2n) is 13.7. The van der Waals surface area contributed by atoms with Gasteiger partial charge in [0.05, 0.1) is 0 Å². The molecule has 232 valence electrons. The molecule has 0 N–H and O–H groups in total. The van der Waals surface area contributed by atoms with Crippen LogP contribution in [0.25, 0.3) is 11.1 Å². The van der Waals surface area contributed by atoms with Crippen molar-refractivity contribution in [2.45, 2.75) is 57.8 Å². The van der Waals surface area contributed by atoms with Crippen LogP contribution < -0.4 is 9.80 Å². The summed E-state index contributed by atoms with van der Waals surface area (Å²) in [6.45, 7) is 9.32. The van der Waals surface area contributed by atoms with E-state index in [4.69, 9.17) is 0 Å². The van der Waals surface area contributed by atoms with Gasteiger partial charge in [-0.2, -0.15) is 0 Å². The van der Waals surface area contributed by atoms with E-state index in [2.05, 4.69) is 183 Å². The Labute approximate surface area is 280 Å². The molecule has 2 aliphatic carbocycles. The van der Waals surface area contributed by atoms with Gasteiger partial charge in [-0.15, -0.1) is 0 Å². The molecule has 0 heterocycles. The second kappa shape index (κ2) is 11.3. The van der Waals surface area contributed by atoms with Crippen molar-refractivity contribution >= 4 is 34.1 Å². The predicted molar refractivity (Wildman–Crippen MR) is 199 cm³/mol. The SMILES string of the molecule is CCCC1(C)c2ccc(N(c3ccccc3)c3ccc(-c4ccc(N(c5ccccc5)c5ccc6c(c5)C6(C)CC)cc4)cc3)cc21. The van der Waals surface area contributed by atoms with Crippen molar-refractivity contribution in [3.8, 4) is 11.1 Å².